The zero-order chi connectivity index (χ0) is 16.7. The lowest BCUT2D eigenvalue weighted by Gasteiger charge is -2.21. The number of carbonyl (C=O) groups excluding carboxylic acids is 2. The predicted octanol–water partition coefficient (Wildman–Crippen LogP) is 2.44. The summed E-state index contributed by atoms with van der Waals surface area (Å²) in [6.07, 6.45) is 5.07. The van der Waals surface area contributed by atoms with Gasteiger partial charge in [-0.15, -0.1) is 0 Å². The summed E-state index contributed by atoms with van der Waals surface area (Å²) in [4.78, 5) is 23.8. The minimum atomic E-state index is -0.655. The van der Waals surface area contributed by atoms with Gasteiger partial charge in [0.05, 0.1) is 0 Å². The van der Waals surface area contributed by atoms with Crippen molar-refractivity contribution in [2.75, 3.05) is 11.9 Å². The van der Waals surface area contributed by atoms with Gasteiger partial charge in [0.25, 0.3) is 5.79 Å². The van der Waals surface area contributed by atoms with Gasteiger partial charge in [0, 0.05) is 31.1 Å². The van der Waals surface area contributed by atoms with Gasteiger partial charge < -0.3 is 20.1 Å². The van der Waals surface area contributed by atoms with E-state index in [9.17, 15) is 9.59 Å². The molecule has 0 radical (unpaired) electrons. The molecule has 6 heteroatoms. The second kappa shape index (κ2) is 5.69. The average Bonchev–Trinajstić information content (AvgIpc) is 2.97. The van der Waals surface area contributed by atoms with E-state index in [2.05, 4.69) is 17.6 Å². The Bertz CT molecular complexity index is 682. The van der Waals surface area contributed by atoms with E-state index in [1.54, 1.807) is 18.2 Å². The van der Waals surface area contributed by atoms with Crippen molar-refractivity contribution in [1.29, 1.82) is 0 Å². The van der Waals surface area contributed by atoms with E-state index in [1.165, 1.54) is 0 Å². The summed E-state index contributed by atoms with van der Waals surface area (Å²) in [6.45, 7) is 2.71. The Morgan fingerprint density at radius 3 is 2.58 bits per heavy atom. The Hall–Kier alpha value is -2.24. The molecule has 2 atom stereocenters. The minimum Gasteiger partial charge on any atom is -0.448 e. The van der Waals surface area contributed by atoms with Crippen molar-refractivity contribution < 1.29 is 19.1 Å². The van der Waals surface area contributed by atoms with Crippen LogP contribution in [-0.4, -0.2) is 24.1 Å². The maximum absolute atomic E-state index is 12.0. The van der Waals surface area contributed by atoms with Gasteiger partial charge in [-0.1, -0.05) is 6.92 Å². The lowest BCUT2D eigenvalue weighted by atomic mass is 10.2. The van der Waals surface area contributed by atoms with Gasteiger partial charge in [0.1, 0.15) is 0 Å². The Morgan fingerprint density at radius 2 is 1.88 bits per heavy atom. The van der Waals surface area contributed by atoms with E-state index >= 15 is 0 Å². The van der Waals surface area contributed by atoms with Crippen LogP contribution in [0.4, 0.5) is 5.69 Å². The topological polar surface area (TPSA) is 76.7 Å². The molecule has 128 valence electrons. The van der Waals surface area contributed by atoms with Crippen LogP contribution in [0.15, 0.2) is 18.2 Å². The number of amides is 2. The number of nitrogens with one attached hydrogen (secondary N) is 2. The van der Waals surface area contributed by atoms with Crippen molar-refractivity contribution in [3.05, 3.63) is 18.2 Å². The van der Waals surface area contributed by atoms with Gasteiger partial charge in [-0.2, -0.15) is 0 Å². The normalized spacial score (nSPS) is 25.5. The van der Waals surface area contributed by atoms with Crippen molar-refractivity contribution in [3.8, 4) is 11.5 Å². The molecule has 2 fully saturated rings. The molecule has 1 heterocycles. The fourth-order valence-corrected chi connectivity index (χ4v) is 3.46. The number of rotatable bonds is 3. The third-order valence-electron chi connectivity index (χ3n) is 5.17. The van der Waals surface area contributed by atoms with Crippen LogP contribution in [0.3, 0.4) is 0 Å². The molecule has 1 spiro atoms. The van der Waals surface area contributed by atoms with Crippen LogP contribution < -0.4 is 20.1 Å². The smallest absolute Gasteiger partial charge is 0.313 e. The molecule has 0 saturated heterocycles. The highest BCUT2D eigenvalue weighted by molar-refractivity contribution is 6.39. The van der Waals surface area contributed by atoms with Crippen molar-refractivity contribution in [2.45, 2.75) is 44.8 Å². The summed E-state index contributed by atoms with van der Waals surface area (Å²) in [5.41, 5.74) is 0.535. The third kappa shape index (κ3) is 2.92. The second-order valence-corrected chi connectivity index (χ2v) is 7.12. The van der Waals surface area contributed by atoms with Crippen LogP contribution in [0.5, 0.6) is 11.5 Å². The summed E-state index contributed by atoms with van der Waals surface area (Å²) in [7, 11) is 0. The van der Waals surface area contributed by atoms with E-state index in [4.69, 9.17) is 9.47 Å². The summed E-state index contributed by atoms with van der Waals surface area (Å²) >= 11 is 0. The average molecular weight is 330 g/mol. The first-order valence-corrected chi connectivity index (χ1v) is 8.66. The SMILES string of the molecule is CC1CC1CNC(=O)C(=O)Nc1ccc2c(c1)OC1(CCCC1)O2. The maximum atomic E-state index is 12.0. The molecular weight excluding hydrogens is 308 g/mol. The molecule has 1 aliphatic heterocycles. The molecular formula is C18H22N2O4. The third-order valence-corrected chi connectivity index (χ3v) is 5.17. The first-order chi connectivity index (χ1) is 11.5. The number of carbonyl (C=O) groups is 2. The quantitative estimate of drug-likeness (QED) is 0.835. The highest BCUT2D eigenvalue weighted by Crippen LogP contribution is 2.47. The van der Waals surface area contributed by atoms with Crippen molar-refractivity contribution in [1.82, 2.24) is 5.32 Å². The molecule has 6 nitrogen and oxygen atoms in total. The molecule has 2 amide bonds. The fraction of sp³-hybridized carbons (Fsp3) is 0.556. The fourth-order valence-electron chi connectivity index (χ4n) is 3.46. The van der Waals surface area contributed by atoms with Gasteiger partial charge in [-0.3, -0.25) is 9.59 Å². The first kappa shape index (κ1) is 15.3. The van der Waals surface area contributed by atoms with Crippen molar-refractivity contribution in [2.24, 2.45) is 11.8 Å². The molecule has 2 aliphatic carbocycles. The zero-order valence-corrected chi connectivity index (χ0v) is 13.8. The molecule has 2 saturated carbocycles. The Morgan fingerprint density at radius 1 is 1.17 bits per heavy atom. The second-order valence-electron chi connectivity index (χ2n) is 7.12. The van der Waals surface area contributed by atoms with Gasteiger partial charge in [0.15, 0.2) is 11.5 Å². The first-order valence-electron chi connectivity index (χ1n) is 8.66. The summed E-state index contributed by atoms with van der Waals surface area (Å²) < 4.78 is 11.9. The number of anilines is 1. The summed E-state index contributed by atoms with van der Waals surface area (Å²) in [6, 6.07) is 5.22. The highest BCUT2D eigenvalue weighted by Gasteiger charge is 2.44. The number of hydrogen-bond acceptors (Lipinski definition) is 4. The largest absolute Gasteiger partial charge is 0.448 e. The van der Waals surface area contributed by atoms with Gasteiger partial charge in [0.2, 0.25) is 0 Å². The Balaban J connectivity index is 1.36. The van der Waals surface area contributed by atoms with Crippen LogP contribution in [0.25, 0.3) is 0 Å². The molecule has 0 bridgehead atoms. The van der Waals surface area contributed by atoms with Crippen LogP contribution >= 0.6 is 0 Å². The highest BCUT2D eigenvalue weighted by atomic mass is 16.7. The molecule has 24 heavy (non-hydrogen) atoms. The zero-order valence-electron chi connectivity index (χ0n) is 13.8. The minimum absolute atomic E-state index is 0.509. The van der Waals surface area contributed by atoms with Gasteiger partial charge >= 0.3 is 11.8 Å². The van der Waals surface area contributed by atoms with E-state index in [-0.39, 0.29) is 0 Å². The van der Waals surface area contributed by atoms with E-state index in [0.29, 0.717) is 35.6 Å². The van der Waals surface area contributed by atoms with E-state index in [1.807, 2.05) is 0 Å². The number of hydrogen-bond donors (Lipinski definition) is 2. The lowest BCUT2D eigenvalue weighted by molar-refractivity contribution is -0.136. The molecule has 3 aliphatic rings. The van der Waals surface area contributed by atoms with Crippen molar-refractivity contribution in [3.63, 3.8) is 0 Å². The van der Waals surface area contributed by atoms with Crippen LogP contribution in [-0.2, 0) is 9.59 Å². The maximum Gasteiger partial charge on any atom is 0.313 e. The van der Waals surface area contributed by atoms with Gasteiger partial charge in [-0.25, -0.2) is 0 Å². The Kier molecular flexibility index (Phi) is 3.62. The summed E-state index contributed by atoms with van der Waals surface area (Å²) in [5.74, 6) is 0.698. The molecule has 1 aromatic rings. The monoisotopic (exact) mass is 330 g/mol. The Labute approximate surface area is 140 Å². The number of ether oxygens (including phenoxy) is 2. The number of fused-ring (bicyclic) bond motifs is 1. The van der Waals surface area contributed by atoms with E-state index < -0.39 is 17.6 Å². The molecule has 2 unspecified atom stereocenters. The predicted molar refractivity (Wildman–Crippen MR) is 87.8 cm³/mol. The lowest BCUT2D eigenvalue weighted by Crippen LogP contribution is -2.36. The standard InChI is InChI=1S/C18H22N2O4/c1-11-8-12(11)10-19-16(21)17(22)20-13-4-5-14-15(9-13)24-18(23-14)6-2-3-7-18/h4-5,9,11-12H,2-3,6-8,10H2,1H3,(H,19,21)(H,20,22). The van der Waals surface area contributed by atoms with Crippen LogP contribution in [0.1, 0.15) is 39.0 Å². The molecule has 4 rings (SSSR count). The van der Waals surface area contributed by atoms with Crippen LogP contribution in [0.2, 0.25) is 0 Å². The number of benzene rings is 1. The van der Waals surface area contributed by atoms with Gasteiger partial charge in [-0.05, 0) is 43.2 Å². The molecule has 1 aromatic carbocycles. The van der Waals surface area contributed by atoms with E-state index in [0.717, 1.165) is 32.1 Å². The summed E-state index contributed by atoms with van der Waals surface area (Å²) in [5, 5.41) is 5.30. The molecule has 2 N–H and O–H groups in total. The molecule has 0 aromatic heterocycles. The van der Waals surface area contributed by atoms with Crippen LogP contribution in [0, 0.1) is 11.8 Å². The van der Waals surface area contributed by atoms with Crippen molar-refractivity contribution >= 4 is 17.5 Å².